The Hall–Kier alpha value is -3.39. The number of primary amides is 1. The van der Waals surface area contributed by atoms with Crippen molar-refractivity contribution in [2.45, 2.75) is 6.54 Å². The number of aromatic amines is 1. The molecule has 0 unspecified atom stereocenters. The maximum absolute atomic E-state index is 12.0. The quantitative estimate of drug-likeness (QED) is 0.459. The van der Waals surface area contributed by atoms with Crippen molar-refractivity contribution in [3.8, 4) is 11.5 Å². The van der Waals surface area contributed by atoms with Crippen molar-refractivity contribution in [3.63, 3.8) is 0 Å². The van der Waals surface area contributed by atoms with Crippen LogP contribution in [-0.2, 0) is 6.54 Å². The molecule has 0 saturated heterocycles. The van der Waals surface area contributed by atoms with Gasteiger partial charge in [-0.2, -0.15) is 5.10 Å². The first kappa shape index (κ1) is 19.4. The second-order valence-electron chi connectivity index (χ2n) is 5.82. The van der Waals surface area contributed by atoms with E-state index in [1.54, 1.807) is 32.4 Å². The number of hydrogen-bond donors (Lipinski definition) is 4. The van der Waals surface area contributed by atoms with Crippen LogP contribution in [0.25, 0.3) is 0 Å². The normalized spacial score (nSPS) is 10.4. The Kier molecular flexibility index (Phi) is 5.90. The Morgan fingerprint density at radius 2 is 1.86 bits per heavy atom. The highest BCUT2D eigenvalue weighted by molar-refractivity contribution is 6.30. The second kappa shape index (κ2) is 8.53. The molecule has 0 spiro atoms. The second-order valence-corrected chi connectivity index (χ2v) is 6.25. The summed E-state index contributed by atoms with van der Waals surface area (Å²) in [6, 6.07) is 12.6. The predicted octanol–water partition coefficient (Wildman–Crippen LogP) is 3.53. The molecular weight excluding hydrogens is 382 g/mol. The van der Waals surface area contributed by atoms with Gasteiger partial charge in [-0.25, -0.2) is 0 Å². The molecule has 5 N–H and O–H groups in total. The lowest BCUT2D eigenvalue weighted by Crippen LogP contribution is -2.15. The van der Waals surface area contributed by atoms with Crippen LogP contribution in [0.3, 0.4) is 0 Å². The zero-order valence-electron chi connectivity index (χ0n) is 15.4. The molecule has 28 heavy (non-hydrogen) atoms. The molecule has 146 valence electrons. The van der Waals surface area contributed by atoms with E-state index in [2.05, 4.69) is 20.8 Å². The van der Waals surface area contributed by atoms with Crippen molar-refractivity contribution in [3.05, 3.63) is 58.6 Å². The molecule has 9 heteroatoms. The smallest absolute Gasteiger partial charge is 0.256 e. The zero-order valence-corrected chi connectivity index (χ0v) is 16.1. The molecule has 0 radical (unpaired) electrons. The highest BCUT2D eigenvalue weighted by Crippen LogP contribution is 2.30. The first-order valence-corrected chi connectivity index (χ1v) is 8.75. The van der Waals surface area contributed by atoms with E-state index < -0.39 is 5.91 Å². The third kappa shape index (κ3) is 4.12. The maximum Gasteiger partial charge on any atom is 0.256 e. The summed E-state index contributed by atoms with van der Waals surface area (Å²) >= 11 is 6.00. The van der Waals surface area contributed by atoms with Crippen molar-refractivity contribution in [1.82, 2.24) is 10.2 Å². The minimum absolute atomic E-state index is 0.203. The third-order valence-electron chi connectivity index (χ3n) is 4.07. The lowest BCUT2D eigenvalue weighted by atomic mass is 10.1. The number of anilines is 3. The minimum atomic E-state index is -0.632. The van der Waals surface area contributed by atoms with Gasteiger partial charge in [-0.05, 0) is 30.3 Å². The summed E-state index contributed by atoms with van der Waals surface area (Å²) in [6.07, 6.45) is 0. The van der Waals surface area contributed by atoms with Gasteiger partial charge in [0, 0.05) is 17.3 Å². The fourth-order valence-corrected chi connectivity index (χ4v) is 2.98. The highest BCUT2D eigenvalue weighted by atomic mass is 35.5. The Labute approximate surface area is 167 Å². The molecule has 0 saturated carbocycles. The van der Waals surface area contributed by atoms with E-state index in [1.165, 1.54) is 0 Å². The van der Waals surface area contributed by atoms with Crippen LogP contribution in [0.2, 0.25) is 5.02 Å². The number of ether oxygens (including phenoxy) is 2. The van der Waals surface area contributed by atoms with Gasteiger partial charge in [0.2, 0.25) is 0 Å². The Balaban J connectivity index is 1.86. The number of hydrogen-bond acceptors (Lipinski definition) is 6. The summed E-state index contributed by atoms with van der Waals surface area (Å²) in [4.78, 5) is 12.0. The van der Waals surface area contributed by atoms with E-state index in [-0.39, 0.29) is 5.56 Å². The number of nitrogens with two attached hydrogens (primary N) is 1. The van der Waals surface area contributed by atoms with Gasteiger partial charge < -0.3 is 25.8 Å². The summed E-state index contributed by atoms with van der Waals surface area (Å²) in [5.41, 5.74) is 7.25. The summed E-state index contributed by atoms with van der Waals surface area (Å²) in [6.45, 7) is 0.314. The van der Waals surface area contributed by atoms with Crippen molar-refractivity contribution in [2.75, 3.05) is 24.9 Å². The predicted molar refractivity (Wildman–Crippen MR) is 109 cm³/mol. The van der Waals surface area contributed by atoms with Gasteiger partial charge in [-0.3, -0.25) is 9.89 Å². The average Bonchev–Trinajstić information content (AvgIpc) is 3.08. The van der Waals surface area contributed by atoms with Crippen LogP contribution in [0.5, 0.6) is 11.5 Å². The van der Waals surface area contributed by atoms with Gasteiger partial charge in [0.1, 0.15) is 22.9 Å². The van der Waals surface area contributed by atoms with Gasteiger partial charge in [0.05, 0.1) is 19.8 Å². The minimum Gasteiger partial charge on any atom is -0.496 e. The van der Waals surface area contributed by atoms with Crippen LogP contribution in [0.15, 0.2) is 42.5 Å². The number of carbonyl (C=O) groups is 1. The average molecular weight is 402 g/mol. The van der Waals surface area contributed by atoms with E-state index in [0.717, 1.165) is 5.56 Å². The monoisotopic (exact) mass is 401 g/mol. The number of H-pyrrole nitrogens is 1. The molecule has 0 bridgehead atoms. The Bertz CT molecular complexity index is 967. The highest BCUT2D eigenvalue weighted by Gasteiger charge is 2.20. The molecule has 1 amide bonds. The van der Waals surface area contributed by atoms with Gasteiger partial charge in [0.25, 0.3) is 5.91 Å². The topological polar surface area (TPSA) is 114 Å². The molecule has 3 aromatic rings. The number of halogens is 1. The summed E-state index contributed by atoms with van der Waals surface area (Å²) in [5.74, 6) is 1.35. The number of aromatic nitrogens is 2. The van der Waals surface area contributed by atoms with E-state index in [1.807, 2.05) is 24.3 Å². The lowest BCUT2D eigenvalue weighted by Gasteiger charge is -2.14. The molecule has 1 heterocycles. The van der Waals surface area contributed by atoms with Crippen LogP contribution in [0.1, 0.15) is 15.9 Å². The van der Waals surface area contributed by atoms with Crippen LogP contribution in [0.4, 0.5) is 17.3 Å². The SMILES string of the molecule is COc1cccc(OC)c1CNc1n[nH]c(Nc2cccc(Cl)c2)c1C(N)=O. The molecule has 0 aliphatic rings. The molecule has 2 aromatic carbocycles. The van der Waals surface area contributed by atoms with Gasteiger partial charge in [-0.1, -0.05) is 23.7 Å². The number of rotatable bonds is 8. The van der Waals surface area contributed by atoms with Crippen LogP contribution < -0.4 is 25.8 Å². The van der Waals surface area contributed by atoms with E-state index >= 15 is 0 Å². The molecule has 0 aliphatic heterocycles. The number of benzene rings is 2. The van der Waals surface area contributed by atoms with Crippen molar-refractivity contribution in [2.24, 2.45) is 5.73 Å². The van der Waals surface area contributed by atoms with Crippen LogP contribution in [0, 0.1) is 0 Å². The largest absolute Gasteiger partial charge is 0.496 e. The fraction of sp³-hybridized carbons (Fsp3) is 0.158. The number of carbonyl (C=O) groups excluding carboxylic acids is 1. The molecule has 0 atom stereocenters. The number of nitrogens with one attached hydrogen (secondary N) is 3. The Morgan fingerprint density at radius 3 is 2.46 bits per heavy atom. The van der Waals surface area contributed by atoms with Crippen LogP contribution >= 0.6 is 11.6 Å². The first-order valence-electron chi connectivity index (χ1n) is 8.38. The number of methoxy groups -OCH3 is 2. The molecule has 0 fully saturated rings. The van der Waals surface area contributed by atoms with E-state index in [4.69, 9.17) is 26.8 Å². The Morgan fingerprint density at radius 1 is 1.18 bits per heavy atom. The molecule has 1 aromatic heterocycles. The first-order chi connectivity index (χ1) is 13.5. The standard InChI is InChI=1S/C19H20ClN5O3/c1-27-14-7-4-8-15(28-2)13(14)10-22-18-16(17(21)26)19(25-24-18)23-12-6-3-5-11(20)9-12/h3-9H,10H2,1-2H3,(H2,21,26)(H3,22,23,24,25). The summed E-state index contributed by atoms with van der Waals surface area (Å²) in [7, 11) is 3.16. The van der Waals surface area contributed by atoms with E-state index in [9.17, 15) is 4.79 Å². The summed E-state index contributed by atoms with van der Waals surface area (Å²) < 4.78 is 10.8. The van der Waals surface area contributed by atoms with Crippen LogP contribution in [-0.4, -0.2) is 30.3 Å². The molecule has 0 aliphatic carbocycles. The van der Waals surface area contributed by atoms with Crippen molar-refractivity contribution < 1.29 is 14.3 Å². The summed E-state index contributed by atoms with van der Waals surface area (Å²) in [5, 5.41) is 13.7. The van der Waals surface area contributed by atoms with Gasteiger partial charge >= 0.3 is 0 Å². The lowest BCUT2D eigenvalue weighted by molar-refractivity contribution is 0.100. The molecule has 3 rings (SSSR count). The molecular formula is C19H20ClN5O3. The number of nitrogens with zero attached hydrogens (tertiary/aromatic N) is 1. The number of amides is 1. The van der Waals surface area contributed by atoms with Gasteiger partial charge in [0.15, 0.2) is 5.82 Å². The third-order valence-corrected chi connectivity index (χ3v) is 4.30. The molecule has 8 nitrogen and oxygen atoms in total. The van der Waals surface area contributed by atoms with Crippen molar-refractivity contribution in [1.29, 1.82) is 0 Å². The van der Waals surface area contributed by atoms with E-state index in [0.29, 0.717) is 40.4 Å². The van der Waals surface area contributed by atoms with Gasteiger partial charge in [-0.15, -0.1) is 0 Å². The van der Waals surface area contributed by atoms with Crippen molar-refractivity contribution >= 4 is 34.8 Å². The maximum atomic E-state index is 12.0. The zero-order chi connectivity index (χ0) is 20.1. The fourth-order valence-electron chi connectivity index (χ4n) is 2.79.